The summed E-state index contributed by atoms with van der Waals surface area (Å²) in [5.74, 6) is 0.807. The van der Waals surface area contributed by atoms with Crippen LogP contribution in [0.1, 0.15) is 17.1 Å². The number of benzene rings is 1. The van der Waals surface area contributed by atoms with E-state index in [1.807, 2.05) is 0 Å². The molecule has 0 amide bonds. The summed E-state index contributed by atoms with van der Waals surface area (Å²) in [5.41, 5.74) is 0.913. The molecular weight excluding hydrogens is 237 g/mol. The van der Waals surface area contributed by atoms with E-state index in [0.29, 0.717) is 17.9 Å². The molecule has 1 aromatic carbocycles. The lowest BCUT2D eigenvalue weighted by Crippen LogP contribution is -1.85. The molecule has 4 nitrogen and oxygen atoms in total. The SMILES string of the molecule is O=[N+]([O-])/C=C/c1ccc(Cc2ccc(F)cc2)o1. The zero-order chi connectivity index (χ0) is 13.0. The van der Waals surface area contributed by atoms with Gasteiger partial charge in [-0.25, -0.2) is 4.39 Å². The Morgan fingerprint density at radius 2 is 1.94 bits per heavy atom. The van der Waals surface area contributed by atoms with E-state index in [0.717, 1.165) is 11.8 Å². The summed E-state index contributed by atoms with van der Waals surface area (Å²) in [4.78, 5) is 9.59. The van der Waals surface area contributed by atoms with E-state index in [-0.39, 0.29) is 5.82 Å². The van der Waals surface area contributed by atoms with Gasteiger partial charge in [0.05, 0.1) is 11.0 Å². The zero-order valence-electron chi connectivity index (χ0n) is 9.38. The fourth-order valence-corrected chi connectivity index (χ4v) is 1.52. The van der Waals surface area contributed by atoms with Crippen LogP contribution in [0.25, 0.3) is 6.08 Å². The first kappa shape index (κ1) is 12.0. The lowest BCUT2D eigenvalue weighted by atomic mass is 10.1. The molecule has 0 atom stereocenters. The standard InChI is InChI=1S/C13H10FNO3/c14-11-3-1-10(2-4-11)9-13-6-5-12(18-13)7-8-15(16)17/h1-8H,9H2/b8-7+. The summed E-state index contributed by atoms with van der Waals surface area (Å²) in [6, 6.07) is 9.49. The second-order valence-corrected chi connectivity index (χ2v) is 3.71. The quantitative estimate of drug-likeness (QED) is 0.615. The maximum Gasteiger partial charge on any atom is 0.238 e. The molecule has 2 rings (SSSR count). The number of hydrogen-bond acceptors (Lipinski definition) is 3. The monoisotopic (exact) mass is 247 g/mol. The molecule has 0 spiro atoms. The number of nitro groups is 1. The first-order valence-electron chi connectivity index (χ1n) is 5.28. The second kappa shape index (κ2) is 5.27. The molecule has 0 aliphatic carbocycles. The molecule has 0 N–H and O–H groups in total. The highest BCUT2D eigenvalue weighted by molar-refractivity contribution is 5.41. The fourth-order valence-electron chi connectivity index (χ4n) is 1.52. The van der Waals surface area contributed by atoms with Crippen LogP contribution < -0.4 is 0 Å². The Morgan fingerprint density at radius 1 is 1.22 bits per heavy atom. The molecule has 0 saturated heterocycles. The summed E-state index contributed by atoms with van der Waals surface area (Å²) >= 11 is 0. The molecule has 0 bridgehead atoms. The van der Waals surface area contributed by atoms with Gasteiger partial charge in [-0.2, -0.15) is 0 Å². The summed E-state index contributed by atoms with van der Waals surface area (Å²) in [6.07, 6.45) is 2.63. The average molecular weight is 247 g/mol. The van der Waals surface area contributed by atoms with Gasteiger partial charge in [0.1, 0.15) is 17.3 Å². The summed E-state index contributed by atoms with van der Waals surface area (Å²) < 4.78 is 18.1. The molecule has 0 fully saturated rings. The van der Waals surface area contributed by atoms with Gasteiger partial charge in [0.15, 0.2) is 0 Å². The largest absolute Gasteiger partial charge is 0.461 e. The number of nitrogens with zero attached hydrogens (tertiary/aromatic N) is 1. The summed E-state index contributed by atoms with van der Waals surface area (Å²) in [7, 11) is 0. The van der Waals surface area contributed by atoms with Crippen molar-refractivity contribution in [2.45, 2.75) is 6.42 Å². The molecule has 5 heteroatoms. The Bertz CT molecular complexity index is 572. The number of rotatable bonds is 4. The molecule has 1 aromatic heterocycles. The Morgan fingerprint density at radius 3 is 2.61 bits per heavy atom. The summed E-state index contributed by atoms with van der Waals surface area (Å²) in [6.45, 7) is 0. The van der Waals surface area contributed by atoms with Crippen molar-refractivity contribution >= 4 is 6.08 Å². The van der Waals surface area contributed by atoms with Gasteiger partial charge in [0.25, 0.3) is 0 Å². The zero-order valence-corrected chi connectivity index (χ0v) is 9.38. The van der Waals surface area contributed by atoms with Gasteiger partial charge in [-0.15, -0.1) is 0 Å². The van der Waals surface area contributed by atoms with Crippen LogP contribution in [0.3, 0.4) is 0 Å². The van der Waals surface area contributed by atoms with Gasteiger partial charge in [-0.05, 0) is 29.8 Å². The van der Waals surface area contributed by atoms with E-state index in [1.54, 1.807) is 24.3 Å². The molecule has 0 saturated carbocycles. The van der Waals surface area contributed by atoms with Gasteiger partial charge in [0.2, 0.25) is 6.20 Å². The molecular formula is C13H10FNO3. The normalized spacial score (nSPS) is 10.9. The van der Waals surface area contributed by atoms with Crippen LogP contribution in [-0.4, -0.2) is 4.92 Å². The minimum absolute atomic E-state index is 0.284. The van der Waals surface area contributed by atoms with Crippen LogP contribution in [0.5, 0.6) is 0 Å². The molecule has 18 heavy (non-hydrogen) atoms. The van der Waals surface area contributed by atoms with Crippen molar-refractivity contribution < 1.29 is 13.7 Å². The first-order chi connectivity index (χ1) is 8.63. The third-order valence-electron chi connectivity index (χ3n) is 2.33. The second-order valence-electron chi connectivity index (χ2n) is 3.71. The van der Waals surface area contributed by atoms with Gasteiger partial charge in [0, 0.05) is 6.42 Å². The van der Waals surface area contributed by atoms with E-state index in [9.17, 15) is 14.5 Å². The van der Waals surface area contributed by atoms with Crippen LogP contribution in [0, 0.1) is 15.9 Å². The van der Waals surface area contributed by atoms with Crippen LogP contribution in [-0.2, 0) is 6.42 Å². The Balaban J connectivity index is 2.06. The van der Waals surface area contributed by atoms with Gasteiger partial charge in [-0.1, -0.05) is 12.1 Å². The lowest BCUT2D eigenvalue weighted by Gasteiger charge is -1.97. The highest BCUT2D eigenvalue weighted by Crippen LogP contribution is 2.14. The van der Waals surface area contributed by atoms with Crippen molar-refractivity contribution in [2.24, 2.45) is 0 Å². The van der Waals surface area contributed by atoms with E-state index in [2.05, 4.69) is 0 Å². The van der Waals surface area contributed by atoms with Crippen LogP contribution in [0.4, 0.5) is 4.39 Å². The van der Waals surface area contributed by atoms with Crippen LogP contribution in [0.15, 0.2) is 47.0 Å². The van der Waals surface area contributed by atoms with Crippen molar-refractivity contribution in [2.75, 3.05) is 0 Å². The lowest BCUT2D eigenvalue weighted by molar-refractivity contribution is -0.401. The van der Waals surface area contributed by atoms with Crippen molar-refractivity contribution in [1.82, 2.24) is 0 Å². The van der Waals surface area contributed by atoms with Crippen LogP contribution in [0.2, 0.25) is 0 Å². The van der Waals surface area contributed by atoms with Crippen molar-refractivity contribution in [1.29, 1.82) is 0 Å². The van der Waals surface area contributed by atoms with E-state index >= 15 is 0 Å². The summed E-state index contributed by atoms with van der Waals surface area (Å²) in [5, 5.41) is 10.1. The molecule has 0 aliphatic heterocycles. The maximum absolute atomic E-state index is 12.7. The predicted octanol–water partition coefficient (Wildman–Crippen LogP) is 3.26. The van der Waals surface area contributed by atoms with E-state index in [1.165, 1.54) is 18.2 Å². The maximum atomic E-state index is 12.7. The Kier molecular flexibility index (Phi) is 3.52. The van der Waals surface area contributed by atoms with Crippen molar-refractivity contribution in [3.8, 4) is 0 Å². The third kappa shape index (κ3) is 3.28. The molecule has 92 valence electrons. The number of furan rings is 1. The molecule has 0 aliphatic rings. The number of halogens is 1. The predicted molar refractivity (Wildman–Crippen MR) is 63.9 cm³/mol. The number of hydrogen-bond donors (Lipinski definition) is 0. The minimum Gasteiger partial charge on any atom is -0.461 e. The van der Waals surface area contributed by atoms with Gasteiger partial charge < -0.3 is 4.42 Å². The minimum atomic E-state index is -0.553. The topological polar surface area (TPSA) is 56.3 Å². The average Bonchev–Trinajstić information content (AvgIpc) is 2.77. The highest BCUT2D eigenvalue weighted by atomic mass is 19.1. The third-order valence-corrected chi connectivity index (χ3v) is 2.33. The highest BCUT2D eigenvalue weighted by Gasteiger charge is 2.02. The van der Waals surface area contributed by atoms with Gasteiger partial charge >= 0.3 is 0 Å². The molecule has 0 radical (unpaired) electrons. The van der Waals surface area contributed by atoms with Crippen molar-refractivity contribution in [3.63, 3.8) is 0 Å². The molecule has 2 aromatic rings. The van der Waals surface area contributed by atoms with Crippen LogP contribution >= 0.6 is 0 Å². The van der Waals surface area contributed by atoms with Gasteiger partial charge in [-0.3, -0.25) is 10.1 Å². The first-order valence-corrected chi connectivity index (χ1v) is 5.28. The Labute approximate surface area is 103 Å². The molecule has 1 heterocycles. The smallest absolute Gasteiger partial charge is 0.238 e. The van der Waals surface area contributed by atoms with Crippen molar-refractivity contribution in [3.05, 3.63) is 75.6 Å². The molecule has 0 unspecified atom stereocenters. The van der Waals surface area contributed by atoms with E-state index < -0.39 is 4.92 Å². The Hall–Kier alpha value is -2.43. The van der Waals surface area contributed by atoms with E-state index in [4.69, 9.17) is 4.42 Å². The fraction of sp³-hybridized carbons (Fsp3) is 0.0769.